The number of carboxylic acid groups (broad SMARTS) is 1. The molecule has 6 rings (SSSR count). The molecule has 2 amide bonds. The van der Waals surface area contributed by atoms with E-state index >= 15 is 0 Å². The molecule has 0 aromatic heterocycles. The largest absolute Gasteiger partial charge is 0.480 e. The lowest BCUT2D eigenvalue weighted by Gasteiger charge is -2.45. The highest BCUT2D eigenvalue weighted by Gasteiger charge is 2.63. The van der Waals surface area contributed by atoms with Crippen LogP contribution in [0.3, 0.4) is 0 Å². The molecule has 0 spiro atoms. The highest BCUT2D eigenvalue weighted by molar-refractivity contribution is 6.10. The molecule has 2 bridgehead atoms. The second-order valence-corrected chi connectivity index (χ2v) is 8.79. The minimum atomic E-state index is -1.11. The Kier molecular flexibility index (Phi) is 3.92. The van der Waals surface area contributed by atoms with E-state index in [-0.39, 0.29) is 36.0 Å². The van der Waals surface area contributed by atoms with Crippen molar-refractivity contribution in [1.29, 1.82) is 0 Å². The number of carbonyl (C=O) groups excluding carboxylic acids is 2. The molecule has 0 unspecified atom stereocenters. The maximum Gasteiger partial charge on any atom is 0.326 e. The van der Waals surface area contributed by atoms with Crippen molar-refractivity contribution in [1.82, 2.24) is 4.90 Å². The summed E-state index contributed by atoms with van der Waals surface area (Å²) in [5, 5.41) is 9.80. The number of aliphatic carboxylic acids is 1. The van der Waals surface area contributed by atoms with Crippen LogP contribution in [0.5, 0.6) is 0 Å². The van der Waals surface area contributed by atoms with Crippen molar-refractivity contribution < 1.29 is 19.5 Å². The van der Waals surface area contributed by atoms with Crippen molar-refractivity contribution in [3.63, 3.8) is 0 Å². The quantitative estimate of drug-likeness (QED) is 0.814. The molecule has 1 fully saturated rings. The molecule has 148 valence electrons. The van der Waals surface area contributed by atoms with E-state index in [9.17, 15) is 19.5 Å². The third-order valence-corrected chi connectivity index (χ3v) is 6.77. The number of benzene rings is 2. The van der Waals surface area contributed by atoms with E-state index in [4.69, 9.17) is 0 Å². The number of imide groups is 1. The fourth-order valence-electron chi connectivity index (χ4n) is 5.77. The van der Waals surface area contributed by atoms with Gasteiger partial charge in [0.15, 0.2) is 0 Å². The molecular formula is C24H23NO4. The summed E-state index contributed by atoms with van der Waals surface area (Å²) in [6, 6.07) is 14.9. The molecule has 4 aliphatic rings. The smallest absolute Gasteiger partial charge is 0.326 e. The number of likely N-dealkylation sites (tertiary alicyclic amines) is 1. The summed E-state index contributed by atoms with van der Waals surface area (Å²) < 4.78 is 0. The summed E-state index contributed by atoms with van der Waals surface area (Å²) >= 11 is 0. The van der Waals surface area contributed by atoms with Crippen LogP contribution in [-0.4, -0.2) is 33.8 Å². The van der Waals surface area contributed by atoms with Gasteiger partial charge in [-0.25, -0.2) is 4.79 Å². The second kappa shape index (κ2) is 6.28. The fraction of sp³-hybridized carbons (Fsp3) is 0.375. The Bertz CT molecular complexity index is 927. The summed E-state index contributed by atoms with van der Waals surface area (Å²) in [7, 11) is 0. The Balaban J connectivity index is 1.67. The van der Waals surface area contributed by atoms with Gasteiger partial charge in [-0.05, 0) is 34.6 Å². The average molecular weight is 389 g/mol. The van der Waals surface area contributed by atoms with Crippen molar-refractivity contribution >= 4 is 17.8 Å². The zero-order valence-electron chi connectivity index (χ0n) is 16.4. The third-order valence-electron chi connectivity index (χ3n) is 6.77. The molecule has 3 aliphatic carbocycles. The molecule has 2 aromatic carbocycles. The van der Waals surface area contributed by atoms with Crippen molar-refractivity contribution in [3.8, 4) is 0 Å². The van der Waals surface area contributed by atoms with Crippen LogP contribution in [0.2, 0.25) is 0 Å². The lowest BCUT2D eigenvalue weighted by Crippen LogP contribution is -2.46. The number of carbonyl (C=O) groups is 3. The zero-order valence-corrected chi connectivity index (χ0v) is 16.4. The first-order valence-electron chi connectivity index (χ1n) is 10.2. The Morgan fingerprint density at radius 3 is 1.55 bits per heavy atom. The van der Waals surface area contributed by atoms with Crippen LogP contribution in [0, 0.1) is 17.8 Å². The number of amides is 2. The number of rotatable bonds is 4. The van der Waals surface area contributed by atoms with Crippen LogP contribution in [0.4, 0.5) is 0 Å². The van der Waals surface area contributed by atoms with E-state index in [1.165, 1.54) is 0 Å². The predicted octanol–water partition coefficient (Wildman–Crippen LogP) is 3.38. The SMILES string of the molecule is CC(C)C[C@@H](C(=O)O)N1C(=O)[C@@H]2C3c4ccccc4C(c4ccccc43)[C@@H]2C1=O. The second-order valence-electron chi connectivity index (χ2n) is 8.79. The molecule has 0 radical (unpaired) electrons. The molecular weight excluding hydrogens is 366 g/mol. The summed E-state index contributed by atoms with van der Waals surface area (Å²) in [6.07, 6.45) is 0.265. The van der Waals surface area contributed by atoms with Gasteiger partial charge in [0.25, 0.3) is 0 Å². The predicted molar refractivity (Wildman–Crippen MR) is 106 cm³/mol. The third kappa shape index (κ3) is 2.36. The summed E-state index contributed by atoms with van der Waals surface area (Å²) in [6.45, 7) is 3.81. The molecule has 0 saturated carbocycles. The topological polar surface area (TPSA) is 74.7 Å². The van der Waals surface area contributed by atoms with Gasteiger partial charge >= 0.3 is 5.97 Å². The van der Waals surface area contributed by atoms with E-state index in [1.54, 1.807) is 0 Å². The van der Waals surface area contributed by atoms with Crippen molar-refractivity contribution in [3.05, 3.63) is 70.8 Å². The van der Waals surface area contributed by atoms with Crippen LogP contribution in [0.1, 0.15) is 54.4 Å². The van der Waals surface area contributed by atoms with Gasteiger partial charge in [-0.2, -0.15) is 0 Å². The number of carboxylic acids is 1. The van der Waals surface area contributed by atoms with Crippen molar-refractivity contribution in [2.24, 2.45) is 17.8 Å². The molecule has 5 nitrogen and oxygen atoms in total. The number of nitrogens with zero attached hydrogens (tertiary/aromatic N) is 1. The first-order chi connectivity index (χ1) is 13.9. The fourth-order valence-corrected chi connectivity index (χ4v) is 5.77. The monoisotopic (exact) mass is 389 g/mol. The summed E-state index contributed by atoms with van der Waals surface area (Å²) in [4.78, 5) is 40.1. The van der Waals surface area contributed by atoms with Gasteiger partial charge in [-0.1, -0.05) is 62.4 Å². The van der Waals surface area contributed by atoms with Gasteiger partial charge in [-0.15, -0.1) is 0 Å². The first-order valence-corrected chi connectivity index (χ1v) is 10.2. The minimum Gasteiger partial charge on any atom is -0.480 e. The van der Waals surface area contributed by atoms with Crippen molar-refractivity contribution in [2.75, 3.05) is 0 Å². The molecule has 5 heteroatoms. The summed E-state index contributed by atoms with van der Waals surface area (Å²) in [5.74, 6) is -3.15. The Hall–Kier alpha value is -2.95. The molecule has 29 heavy (non-hydrogen) atoms. The van der Waals surface area contributed by atoms with Crippen LogP contribution < -0.4 is 0 Å². The van der Waals surface area contributed by atoms with E-state index in [2.05, 4.69) is 0 Å². The van der Waals surface area contributed by atoms with Crippen LogP contribution in [0.25, 0.3) is 0 Å². The highest BCUT2D eigenvalue weighted by Crippen LogP contribution is 2.61. The van der Waals surface area contributed by atoms with Gasteiger partial charge in [-0.3, -0.25) is 14.5 Å². The Labute approximate surface area is 169 Å². The standard InChI is InChI=1S/C24H23NO4/c1-12(2)11-17(24(28)29)25-22(26)20-18-13-7-3-4-8-14(13)19(21(20)23(25)27)16-10-6-5-9-15(16)18/h3-10,12,17-21H,11H2,1-2H3,(H,28,29)/t17-,18?,19?,20-,21+/m0/s1. The van der Waals surface area contributed by atoms with Gasteiger partial charge in [0, 0.05) is 11.8 Å². The van der Waals surface area contributed by atoms with Gasteiger partial charge in [0.2, 0.25) is 11.8 Å². The van der Waals surface area contributed by atoms with Crippen LogP contribution >= 0.6 is 0 Å². The minimum absolute atomic E-state index is 0.0606. The average Bonchev–Trinajstić information content (AvgIpc) is 2.97. The highest BCUT2D eigenvalue weighted by atomic mass is 16.4. The number of hydrogen-bond acceptors (Lipinski definition) is 3. The number of hydrogen-bond donors (Lipinski definition) is 1. The first kappa shape index (κ1) is 18.1. The zero-order chi connectivity index (χ0) is 20.4. The van der Waals surface area contributed by atoms with Gasteiger partial charge in [0.1, 0.15) is 6.04 Å². The molecule has 1 aliphatic heterocycles. The molecule has 1 heterocycles. The molecule has 1 N–H and O–H groups in total. The Morgan fingerprint density at radius 1 is 0.862 bits per heavy atom. The van der Waals surface area contributed by atoms with E-state index in [1.807, 2.05) is 62.4 Å². The lowest BCUT2D eigenvalue weighted by atomic mass is 9.55. The lowest BCUT2D eigenvalue weighted by molar-refractivity contribution is -0.155. The van der Waals surface area contributed by atoms with E-state index in [0.717, 1.165) is 27.2 Å². The van der Waals surface area contributed by atoms with E-state index in [0.29, 0.717) is 0 Å². The van der Waals surface area contributed by atoms with E-state index < -0.39 is 23.8 Å². The molecule has 2 aromatic rings. The van der Waals surface area contributed by atoms with Crippen molar-refractivity contribution in [2.45, 2.75) is 38.1 Å². The summed E-state index contributed by atoms with van der Waals surface area (Å²) in [5.41, 5.74) is 4.37. The van der Waals surface area contributed by atoms with Crippen LogP contribution in [0.15, 0.2) is 48.5 Å². The molecule has 1 saturated heterocycles. The van der Waals surface area contributed by atoms with Gasteiger partial charge < -0.3 is 5.11 Å². The van der Waals surface area contributed by atoms with Crippen LogP contribution in [-0.2, 0) is 14.4 Å². The maximum atomic E-state index is 13.5. The molecule has 3 atom stereocenters. The maximum absolute atomic E-state index is 13.5. The normalized spacial score (nSPS) is 27.6. The Morgan fingerprint density at radius 2 is 1.24 bits per heavy atom. The van der Waals surface area contributed by atoms with Gasteiger partial charge in [0.05, 0.1) is 11.8 Å².